The molecule has 1 saturated heterocycles. The van der Waals surface area contributed by atoms with Crippen molar-refractivity contribution in [3.63, 3.8) is 0 Å². The van der Waals surface area contributed by atoms with Crippen LogP contribution in [0.15, 0.2) is 32.4 Å². The Labute approximate surface area is 113 Å². The van der Waals surface area contributed by atoms with Gasteiger partial charge in [0, 0.05) is 26.2 Å². The van der Waals surface area contributed by atoms with Crippen LogP contribution < -0.4 is 21.5 Å². The molecule has 0 bridgehead atoms. The SMILES string of the molecule is Nc1c(N2CCN(C(=O)c3ccco3)CC2)c(=O)c1=O. The van der Waals surface area contributed by atoms with Gasteiger partial charge in [0.1, 0.15) is 11.4 Å². The minimum Gasteiger partial charge on any atom is -0.459 e. The van der Waals surface area contributed by atoms with Gasteiger partial charge in [-0.1, -0.05) is 0 Å². The largest absolute Gasteiger partial charge is 0.459 e. The predicted molar refractivity (Wildman–Crippen MR) is 72.6 cm³/mol. The van der Waals surface area contributed by atoms with Crippen molar-refractivity contribution >= 4 is 17.3 Å². The van der Waals surface area contributed by atoms with Gasteiger partial charge in [0.15, 0.2) is 5.76 Å². The average molecular weight is 275 g/mol. The van der Waals surface area contributed by atoms with E-state index in [9.17, 15) is 14.4 Å². The molecule has 0 radical (unpaired) electrons. The standard InChI is InChI=1S/C13H13N3O4/c14-9-10(12(18)11(9)17)15-3-5-16(6-4-15)13(19)8-2-1-7-20-8/h1-2,7H,3-6,14H2. The van der Waals surface area contributed by atoms with E-state index < -0.39 is 10.9 Å². The molecule has 2 N–H and O–H groups in total. The third-order valence-electron chi connectivity index (χ3n) is 3.54. The van der Waals surface area contributed by atoms with Crippen LogP contribution >= 0.6 is 0 Å². The zero-order valence-electron chi connectivity index (χ0n) is 10.7. The van der Waals surface area contributed by atoms with Gasteiger partial charge in [-0.25, -0.2) is 0 Å². The second-order valence-electron chi connectivity index (χ2n) is 4.68. The molecule has 1 amide bonds. The van der Waals surface area contributed by atoms with Crippen LogP contribution in [0.3, 0.4) is 0 Å². The van der Waals surface area contributed by atoms with Crippen LogP contribution in [0.5, 0.6) is 0 Å². The van der Waals surface area contributed by atoms with Crippen molar-refractivity contribution in [3.05, 3.63) is 44.6 Å². The van der Waals surface area contributed by atoms with Crippen LogP contribution in [0.4, 0.5) is 11.4 Å². The molecule has 2 aromatic rings. The van der Waals surface area contributed by atoms with E-state index in [4.69, 9.17) is 10.2 Å². The van der Waals surface area contributed by atoms with Gasteiger partial charge in [0.2, 0.25) is 0 Å². The summed E-state index contributed by atoms with van der Waals surface area (Å²) in [5.41, 5.74) is 4.70. The van der Waals surface area contributed by atoms with E-state index in [0.29, 0.717) is 37.6 Å². The highest BCUT2D eigenvalue weighted by Gasteiger charge is 2.29. The molecule has 0 atom stereocenters. The van der Waals surface area contributed by atoms with Gasteiger partial charge < -0.3 is 20.0 Å². The van der Waals surface area contributed by atoms with E-state index in [0.717, 1.165) is 0 Å². The van der Waals surface area contributed by atoms with Gasteiger partial charge in [-0.2, -0.15) is 0 Å². The van der Waals surface area contributed by atoms with Crippen molar-refractivity contribution in [1.82, 2.24) is 4.90 Å². The molecule has 3 rings (SSSR count). The summed E-state index contributed by atoms with van der Waals surface area (Å²) >= 11 is 0. The fourth-order valence-corrected chi connectivity index (χ4v) is 2.40. The molecule has 1 aromatic heterocycles. The minimum absolute atomic E-state index is 0.0285. The van der Waals surface area contributed by atoms with Crippen LogP contribution in [0.2, 0.25) is 0 Å². The Hall–Kier alpha value is -2.57. The number of hydrogen-bond acceptors (Lipinski definition) is 6. The van der Waals surface area contributed by atoms with Crippen LogP contribution in [0, 0.1) is 0 Å². The molecule has 0 spiro atoms. The van der Waals surface area contributed by atoms with Crippen molar-refractivity contribution in [3.8, 4) is 0 Å². The summed E-state index contributed by atoms with van der Waals surface area (Å²) in [4.78, 5) is 38.0. The number of nitrogen functional groups attached to an aromatic ring is 1. The lowest BCUT2D eigenvalue weighted by Crippen LogP contribution is -2.52. The van der Waals surface area contributed by atoms with E-state index in [-0.39, 0.29) is 11.6 Å². The van der Waals surface area contributed by atoms with Crippen LogP contribution in [0.25, 0.3) is 0 Å². The number of nitrogens with zero attached hydrogens (tertiary/aromatic N) is 2. The Morgan fingerprint density at radius 3 is 2.40 bits per heavy atom. The minimum atomic E-state index is -0.617. The van der Waals surface area contributed by atoms with Crippen molar-refractivity contribution in [2.45, 2.75) is 0 Å². The third kappa shape index (κ3) is 1.78. The number of furan rings is 1. The summed E-state index contributed by atoms with van der Waals surface area (Å²) in [5.74, 6) is 0.125. The second kappa shape index (κ2) is 4.52. The summed E-state index contributed by atoms with van der Waals surface area (Å²) < 4.78 is 5.07. The molecule has 1 aliphatic heterocycles. The van der Waals surface area contributed by atoms with E-state index >= 15 is 0 Å². The van der Waals surface area contributed by atoms with Crippen LogP contribution in [0.1, 0.15) is 10.6 Å². The molecular formula is C13H13N3O4. The Bertz CT molecular complexity index is 704. The summed E-state index contributed by atoms with van der Waals surface area (Å²) in [7, 11) is 0. The first-order chi connectivity index (χ1) is 9.59. The lowest BCUT2D eigenvalue weighted by atomic mass is 10.1. The fraction of sp³-hybridized carbons (Fsp3) is 0.308. The van der Waals surface area contributed by atoms with Crippen molar-refractivity contribution < 1.29 is 9.21 Å². The van der Waals surface area contributed by atoms with Gasteiger partial charge in [-0.15, -0.1) is 0 Å². The number of carbonyl (C=O) groups excluding carboxylic acids is 1. The molecule has 0 unspecified atom stereocenters. The van der Waals surface area contributed by atoms with E-state index in [1.54, 1.807) is 21.9 Å². The van der Waals surface area contributed by atoms with Crippen LogP contribution in [-0.4, -0.2) is 37.0 Å². The van der Waals surface area contributed by atoms with E-state index in [1.807, 2.05) is 0 Å². The maximum absolute atomic E-state index is 12.1. The molecule has 104 valence electrons. The van der Waals surface area contributed by atoms with Crippen molar-refractivity contribution in [2.75, 3.05) is 36.8 Å². The van der Waals surface area contributed by atoms with Gasteiger partial charge in [0.25, 0.3) is 16.8 Å². The Morgan fingerprint density at radius 2 is 1.85 bits per heavy atom. The molecule has 20 heavy (non-hydrogen) atoms. The second-order valence-corrected chi connectivity index (χ2v) is 4.68. The van der Waals surface area contributed by atoms with E-state index in [1.165, 1.54) is 6.26 Å². The quantitative estimate of drug-likeness (QED) is 0.736. The smallest absolute Gasteiger partial charge is 0.289 e. The van der Waals surface area contributed by atoms with Gasteiger partial charge in [-0.3, -0.25) is 14.4 Å². The first kappa shape index (κ1) is 12.5. The number of piperazine rings is 1. The normalized spacial score (nSPS) is 15.8. The molecule has 2 heterocycles. The topological polar surface area (TPSA) is 96.8 Å². The molecule has 1 aliphatic rings. The third-order valence-corrected chi connectivity index (χ3v) is 3.54. The highest BCUT2D eigenvalue weighted by molar-refractivity contribution is 5.91. The maximum atomic E-state index is 12.1. The van der Waals surface area contributed by atoms with Crippen molar-refractivity contribution in [2.24, 2.45) is 0 Å². The Morgan fingerprint density at radius 1 is 1.15 bits per heavy atom. The molecule has 0 aliphatic carbocycles. The molecular weight excluding hydrogens is 262 g/mol. The van der Waals surface area contributed by atoms with Crippen molar-refractivity contribution in [1.29, 1.82) is 0 Å². The first-order valence-corrected chi connectivity index (χ1v) is 6.26. The highest BCUT2D eigenvalue weighted by Crippen LogP contribution is 2.19. The lowest BCUT2D eigenvalue weighted by Gasteiger charge is -2.36. The van der Waals surface area contributed by atoms with E-state index in [2.05, 4.69) is 0 Å². The number of hydrogen-bond donors (Lipinski definition) is 1. The molecule has 1 fully saturated rings. The summed E-state index contributed by atoms with van der Waals surface area (Å²) in [6.45, 7) is 1.86. The van der Waals surface area contributed by atoms with Gasteiger partial charge in [-0.05, 0) is 12.1 Å². The van der Waals surface area contributed by atoms with Gasteiger partial charge >= 0.3 is 0 Å². The number of nitrogens with two attached hydrogens (primary N) is 1. The molecule has 1 aromatic carbocycles. The summed E-state index contributed by atoms with van der Waals surface area (Å²) in [6, 6.07) is 3.27. The summed E-state index contributed by atoms with van der Waals surface area (Å²) in [5, 5.41) is 0. The number of anilines is 2. The lowest BCUT2D eigenvalue weighted by molar-refractivity contribution is 0.0714. The first-order valence-electron chi connectivity index (χ1n) is 6.26. The Kier molecular flexibility index (Phi) is 2.81. The highest BCUT2D eigenvalue weighted by atomic mass is 16.3. The molecule has 7 heteroatoms. The van der Waals surface area contributed by atoms with Gasteiger partial charge in [0.05, 0.1) is 6.26 Å². The Balaban J connectivity index is 1.67. The molecule has 0 saturated carbocycles. The monoisotopic (exact) mass is 275 g/mol. The maximum Gasteiger partial charge on any atom is 0.289 e. The fourth-order valence-electron chi connectivity index (χ4n) is 2.40. The number of amides is 1. The zero-order valence-corrected chi connectivity index (χ0v) is 10.7. The predicted octanol–water partition coefficient (Wildman–Crippen LogP) is -0.580. The average Bonchev–Trinajstić information content (AvgIpc) is 3.01. The zero-order chi connectivity index (χ0) is 14.3. The molecule has 7 nitrogen and oxygen atoms in total. The summed E-state index contributed by atoms with van der Waals surface area (Å²) in [6.07, 6.45) is 1.45. The van der Waals surface area contributed by atoms with Crippen LogP contribution in [-0.2, 0) is 0 Å². The number of carbonyl (C=O) groups is 1. The number of rotatable bonds is 2.